The summed E-state index contributed by atoms with van der Waals surface area (Å²) in [7, 11) is 0. The average Bonchev–Trinajstić information content (AvgIpc) is 2.74. The Balaban J connectivity index is 2.21. The predicted molar refractivity (Wildman–Crippen MR) is 87.6 cm³/mol. The number of hydrogen-bond donors (Lipinski definition) is 0. The smallest absolute Gasteiger partial charge is 0.238 e. The molecule has 2 aromatic carbocycles. The first-order valence-electron chi connectivity index (χ1n) is 7.14. The topological polar surface area (TPSA) is 29.5 Å². The summed E-state index contributed by atoms with van der Waals surface area (Å²) in [4.78, 5) is 13.8. The van der Waals surface area contributed by atoms with E-state index in [9.17, 15) is 9.18 Å². The molecule has 1 amide bonds. The van der Waals surface area contributed by atoms with E-state index < -0.39 is 11.9 Å². The van der Waals surface area contributed by atoms with Crippen molar-refractivity contribution in [1.82, 2.24) is 4.90 Å². The molecular formula is C17H14Cl2FNO2. The number of carbonyl (C=O) groups excluding carboxylic acids is 1. The first kappa shape index (κ1) is 16.1. The number of hydrogen-bond acceptors (Lipinski definition) is 2. The highest BCUT2D eigenvalue weighted by atomic mass is 35.5. The molecule has 0 radical (unpaired) electrons. The van der Waals surface area contributed by atoms with E-state index in [1.54, 1.807) is 36.4 Å². The summed E-state index contributed by atoms with van der Waals surface area (Å²) in [5.41, 5.74) is 1.04. The van der Waals surface area contributed by atoms with Crippen LogP contribution >= 0.6 is 23.2 Å². The highest BCUT2D eigenvalue weighted by Gasteiger charge is 2.32. The Kier molecular flexibility index (Phi) is 4.74. The number of halogens is 3. The van der Waals surface area contributed by atoms with Crippen LogP contribution in [0.1, 0.15) is 17.2 Å². The van der Waals surface area contributed by atoms with Crippen molar-refractivity contribution < 1.29 is 13.9 Å². The maximum absolute atomic E-state index is 14.4. The molecule has 23 heavy (non-hydrogen) atoms. The van der Waals surface area contributed by atoms with E-state index in [-0.39, 0.29) is 11.8 Å². The van der Waals surface area contributed by atoms with Gasteiger partial charge in [0.15, 0.2) is 0 Å². The number of fused-ring (bicyclic) bond motifs is 1. The molecule has 6 heteroatoms. The van der Waals surface area contributed by atoms with Crippen LogP contribution in [0, 0.1) is 5.82 Å². The Morgan fingerprint density at radius 3 is 2.78 bits per heavy atom. The van der Waals surface area contributed by atoms with E-state index in [1.165, 1.54) is 11.0 Å². The Morgan fingerprint density at radius 1 is 1.26 bits per heavy atom. The van der Waals surface area contributed by atoms with Gasteiger partial charge in [0.1, 0.15) is 24.1 Å². The van der Waals surface area contributed by atoms with E-state index in [4.69, 9.17) is 27.9 Å². The molecule has 3 rings (SSSR count). The van der Waals surface area contributed by atoms with Crippen molar-refractivity contribution in [3.8, 4) is 5.75 Å². The Morgan fingerprint density at radius 2 is 2.04 bits per heavy atom. The highest BCUT2D eigenvalue weighted by molar-refractivity contribution is 6.30. The lowest BCUT2D eigenvalue weighted by atomic mass is 9.96. The molecule has 0 N–H and O–H groups in total. The molecule has 0 spiro atoms. The van der Waals surface area contributed by atoms with E-state index in [0.717, 1.165) is 0 Å². The summed E-state index contributed by atoms with van der Waals surface area (Å²) in [6, 6.07) is 10.9. The monoisotopic (exact) mass is 353 g/mol. The number of amides is 1. The van der Waals surface area contributed by atoms with Crippen LogP contribution in [0.15, 0.2) is 42.5 Å². The molecule has 1 atom stereocenters. The number of benzene rings is 2. The van der Waals surface area contributed by atoms with Gasteiger partial charge in [-0.1, -0.05) is 29.8 Å². The Labute approximate surface area is 143 Å². The van der Waals surface area contributed by atoms with Crippen molar-refractivity contribution >= 4 is 29.1 Å². The van der Waals surface area contributed by atoms with Gasteiger partial charge in [-0.25, -0.2) is 4.39 Å². The summed E-state index contributed by atoms with van der Waals surface area (Å²) in [6.07, 6.45) is 0. The zero-order valence-electron chi connectivity index (χ0n) is 12.1. The zero-order valence-corrected chi connectivity index (χ0v) is 13.6. The van der Waals surface area contributed by atoms with E-state index in [0.29, 0.717) is 35.1 Å². The Bertz CT molecular complexity index is 738. The number of carbonyl (C=O) groups is 1. The summed E-state index contributed by atoms with van der Waals surface area (Å²) >= 11 is 11.8. The van der Waals surface area contributed by atoms with Crippen molar-refractivity contribution in [3.63, 3.8) is 0 Å². The minimum atomic E-state index is -0.626. The lowest BCUT2D eigenvalue weighted by Gasteiger charge is -2.30. The van der Waals surface area contributed by atoms with Gasteiger partial charge in [-0.3, -0.25) is 4.79 Å². The van der Waals surface area contributed by atoms with Crippen LogP contribution in [-0.2, 0) is 4.79 Å². The predicted octanol–water partition coefficient (Wildman–Crippen LogP) is 4.03. The lowest BCUT2D eigenvalue weighted by molar-refractivity contribution is -0.130. The standard InChI is InChI=1S/C17H14Cl2FNO2/c18-10-16(22)21-7-8-23-15-6-5-11(19)9-13(15)17(21)12-3-1-2-4-14(12)20/h1-6,9,17H,7-8,10H2. The molecule has 2 aromatic rings. The summed E-state index contributed by atoms with van der Waals surface area (Å²) in [5, 5.41) is 0.494. The summed E-state index contributed by atoms with van der Waals surface area (Å²) in [6.45, 7) is 0.624. The quantitative estimate of drug-likeness (QED) is 0.763. The molecule has 0 aliphatic carbocycles. The molecule has 0 bridgehead atoms. The van der Waals surface area contributed by atoms with Gasteiger partial charge in [0, 0.05) is 16.1 Å². The molecular weight excluding hydrogens is 340 g/mol. The Hall–Kier alpha value is -1.78. The van der Waals surface area contributed by atoms with Crippen molar-refractivity contribution in [2.75, 3.05) is 19.0 Å². The molecule has 120 valence electrons. The molecule has 0 saturated heterocycles. The fourth-order valence-corrected chi connectivity index (χ4v) is 3.13. The summed E-state index contributed by atoms with van der Waals surface area (Å²) in [5.74, 6) is -0.262. The molecule has 0 saturated carbocycles. The van der Waals surface area contributed by atoms with Crippen molar-refractivity contribution in [3.05, 3.63) is 64.4 Å². The minimum Gasteiger partial charge on any atom is -0.491 e. The fraction of sp³-hybridized carbons (Fsp3) is 0.235. The van der Waals surface area contributed by atoms with Gasteiger partial charge in [0.05, 0.1) is 12.6 Å². The third kappa shape index (κ3) is 3.14. The van der Waals surface area contributed by atoms with Crippen LogP contribution in [-0.4, -0.2) is 29.8 Å². The highest BCUT2D eigenvalue weighted by Crippen LogP contribution is 2.39. The molecule has 1 heterocycles. The second-order valence-electron chi connectivity index (χ2n) is 5.18. The van der Waals surface area contributed by atoms with Gasteiger partial charge in [-0.05, 0) is 24.3 Å². The average molecular weight is 354 g/mol. The van der Waals surface area contributed by atoms with E-state index in [1.807, 2.05) is 0 Å². The van der Waals surface area contributed by atoms with Gasteiger partial charge >= 0.3 is 0 Å². The van der Waals surface area contributed by atoms with Crippen LogP contribution in [0.3, 0.4) is 0 Å². The van der Waals surface area contributed by atoms with Crippen molar-refractivity contribution in [2.45, 2.75) is 6.04 Å². The first-order valence-corrected chi connectivity index (χ1v) is 8.05. The molecule has 1 aliphatic rings. The largest absolute Gasteiger partial charge is 0.491 e. The van der Waals surface area contributed by atoms with Gasteiger partial charge in [-0.15, -0.1) is 11.6 Å². The van der Waals surface area contributed by atoms with Crippen LogP contribution in [0.4, 0.5) is 4.39 Å². The number of nitrogens with zero attached hydrogens (tertiary/aromatic N) is 1. The minimum absolute atomic E-state index is 0.180. The van der Waals surface area contributed by atoms with Crippen LogP contribution < -0.4 is 4.74 Å². The van der Waals surface area contributed by atoms with E-state index in [2.05, 4.69) is 0 Å². The summed E-state index contributed by atoms with van der Waals surface area (Å²) < 4.78 is 20.1. The van der Waals surface area contributed by atoms with Crippen molar-refractivity contribution in [1.29, 1.82) is 0 Å². The van der Waals surface area contributed by atoms with E-state index >= 15 is 0 Å². The van der Waals surface area contributed by atoms with Gasteiger partial charge < -0.3 is 9.64 Å². The maximum atomic E-state index is 14.4. The van der Waals surface area contributed by atoms with Crippen LogP contribution in [0.2, 0.25) is 5.02 Å². The lowest BCUT2D eigenvalue weighted by Crippen LogP contribution is -2.38. The fourth-order valence-electron chi connectivity index (χ4n) is 2.79. The molecule has 0 fully saturated rings. The third-order valence-corrected chi connectivity index (χ3v) is 4.27. The van der Waals surface area contributed by atoms with Crippen molar-refractivity contribution in [2.24, 2.45) is 0 Å². The van der Waals surface area contributed by atoms with Crippen LogP contribution in [0.5, 0.6) is 5.75 Å². The zero-order chi connectivity index (χ0) is 16.4. The second kappa shape index (κ2) is 6.77. The maximum Gasteiger partial charge on any atom is 0.238 e. The second-order valence-corrected chi connectivity index (χ2v) is 5.88. The SMILES string of the molecule is O=C(CCl)N1CCOc2ccc(Cl)cc2C1c1ccccc1F. The van der Waals surface area contributed by atoms with Crippen LogP contribution in [0.25, 0.3) is 0 Å². The van der Waals surface area contributed by atoms with Gasteiger partial charge in [0.25, 0.3) is 0 Å². The molecule has 0 aromatic heterocycles. The van der Waals surface area contributed by atoms with Gasteiger partial charge in [-0.2, -0.15) is 0 Å². The normalized spacial score (nSPS) is 17.2. The molecule has 1 aliphatic heterocycles. The third-order valence-electron chi connectivity index (χ3n) is 3.80. The number of rotatable bonds is 2. The number of alkyl halides is 1. The van der Waals surface area contributed by atoms with Gasteiger partial charge in [0.2, 0.25) is 5.91 Å². The first-order chi connectivity index (χ1) is 11.1. The molecule has 3 nitrogen and oxygen atoms in total. The number of ether oxygens (including phenoxy) is 1. The molecule has 1 unspecified atom stereocenters.